The van der Waals surface area contributed by atoms with E-state index in [4.69, 9.17) is 14.7 Å². The van der Waals surface area contributed by atoms with E-state index in [-0.39, 0.29) is 12.4 Å². The summed E-state index contributed by atoms with van der Waals surface area (Å²) in [7, 11) is 2.80. The predicted molar refractivity (Wildman–Crippen MR) is 72.7 cm³/mol. The molecule has 8 heteroatoms. The van der Waals surface area contributed by atoms with Gasteiger partial charge in [-0.15, -0.1) is 0 Å². The Morgan fingerprint density at radius 2 is 2.14 bits per heavy atom. The van der Waals surface area contributed by atoms with Crippen molar-refractivity contribution in [3.05, 3.63) is 11.8 Å². The summed E-state index contributed by atoms with van der Waals surface area (Å²) >= 11 is 0. The van der Waals surface area contributed by atoms with Crippen LogP contribution in [0.15, 0.2) is 11.8 Å². The Hall–Kier alpha value is -2.56. The zero-order valence-corrected chi connectivity index (χ0v) is 12.8. The number of allylic oxidation sites excluding steroid dienone is 1. The molecule has 118 valence electrons. The van der Waals surface area contributed by atoms with Crippen LogP contribution in [-0.4, -0.2) is 54.1 Å². The quantitative estimate of drug-likeness (QED) is 0.687. The molecule has 3 unspecified atom stereocenters. The number of ether oxygens (including phenoxy) is 2. The maximum atomic E-state index is 12.5. The molecule has 0 spiro atoms. The second kappa shape index (κ2) is 5.33. The van der Waals surface area contributed by atoms with Gasteiger partial charge in [-0.25, -0.2) is 4.79 Å². The lowest BCUT2D eigenvalue weighted by Gasteiger charge is -2.51. The highest BCUT2D eigenvalue weighted by Crippen LogP contribution is 2.43. The summed E-state index contributed by atoms with van der Waals surface area (Å²) in [5, 5.41) is 9.10. The fourth-order valence-corrected chi connectivity index (χ4v) is 2.79. The highest BCUT2D eigenvalue weighted by Gasteiger charge is 2.60. The summed E-state index contributed by atoms with van der Waals surface area (Å²) in [6, 6.07) is 1.25. The number of fused-ring (bicyclic) bond motifs is 1. The zero-order valence-electron chi connectivity index (χ0n) is 12.8. The minimum atomic E-state index is -1.42. The molecule has 8 nitrogen and oxygen atoms in total. The van der Waals surface area contributed by atoms with Crippen LogP contribution in [0.3, 0.4) is 0 Å². The van der Waals surface area contributed by atoms with E-state index >= 15 is 0 Å². The average Bonchev–Trinajstić information content (AvgIpc) is 2.50. The van der Waals surface area contributed by atoms with Crippen LogP contribution in [0, 0.1) is 23.2 Å². The van der Waals surface area contributed by atoms with Crippen LogP contribution in [0.5, 0.6) is 0 Å². The lowest BCUT2D eigenvalue weighted by atomic mass is 9.78. The van der Waals surface area contributed by atoms with Gasteiger partial charge >= 0.3 is 12.0 Å². The van der Waals surface area contributed by atoms with Crippen LogP contribution in [0.4, 0.5) is 4.79 Å². The summed E-state index contributed by atoms with van der Waals surface area (Å²) in [5.41, 5.74) is -1.42. The lowest BCUT2D eigenvalue weighted by molar-refractivity contribution is -0.190. The Kier molecular flexibility index (Phi) is 3.83. The number of nitriles is 1. The minimum absolute atomic E-state index is 0.117. The molecule has 2 aliphatic rings. The Morgan fingerprint density at radius 3 is 2.68 bits per heavy atom. The van der Waals surface area contributed by atoms with Crippen molar-refractivity contribution >= 4 is 17.9 Å². The summed E-state index contributed by atoms with van der Waals surface area (Å²) in [6.45, 7) is 3.31. The van der Waals surface area contributed by atoms with Crippen molar-refractivity contribution in [2.24, 2.45) is 11.8 Å². The largest absolute Gasteiger partial charge is 0.466 e. The molecule has 2 aliphatic heterocycles. The Balaban J connectivity index is 2.56. The molecular formula is C14H17N3O5. The van der Waals surface area contributed by atoms with E-state index in [0.717, 1.165) is 4.90 Å². The van der Waals surface area contributed by atoms with Gasteiger partial charge in [-0.2, -0.15) is 5.26 Å². The van der Waals surface area contributed by atoms with Gasteiger partial charge in [-0.05, 0) is 19.9 Å². The van der Waals surface area contributed by atoms with Crippen LogP contribution in [0.2, 0.25) is 0 Å². The number of urea groups is 1. The first-order valence-corrected chi connectivity index (χ1v) is 6.80. The van der Waals surface area contributed by atoms with E-state index < -0.39 is 35.5 Å². The smallest absolute Gasteiger partial charge is 0.329 e. The molecule has 0 aromatic carbocycles. The lowest BCUT2D eigenvalue weighted by Crippen LogP contribution is -2.69. The number of carbonyl (C=O) groups is 3. The van der Waals surface area contributed by atoms with Gasteiger partial charge in [0.05, 0.1) is 12.5 Å². The number of esters is 1. The number of rotatable bonds is 2. The van der Waals surface area contributed by atoms with Crippen LogP contribution in [0.25, 0.3) is 0 Å². The van der Waals surface area contributed by atoms with Gasteiger partial charge in [0.15, 0.2) is 11.5 Å². The molecule has 0 N–H and O–H groups in total. The normalized spacial score (nSPS) is 31.0. The standard InChI is InChI=1S/C14H17N3O5/c1-5-21-12(19)9-6-8(7-15)22-14(2)10(9)11(18)16(3)13(20)17(14)4/h6,9-10H,5H2,1-4H3. The monoisotopic (exact) mass is 307 g/mol. The first-order valence-electron chi connectivity index (χ1n) is 6.80. The molecule has 1 fully saturated rings. The van der Waals surface area contributed by atoms with Crippen molar-refractivity contribution in [2.75, 3.05) is 20.7 Å². The van der Waals surface area contributed by atoms with Gasteiger partial charge in [-0.1, -0.05) is 0 Å². The first kappa shape index (κ1) is 15.8. The van der Waals surface area contributed by atoms with E-state index in [0.29, 0.717) is 0 Å². The van der Waals surface area contributed by atoms with Gasteiger partial charge in [0, 0.05) is 14.1 Å². The number of hydrogen-bond donors (Lipinski definition) is 0. The van der Waals surface area contributed by atoms with Crippen molar-refractivity contribution in [1.29, 1.82) is 5.26 Å². The van der Waals surface area contributed by atoms with Gasteiger partial charge in [-0.3, -0.25) is 19.4 Å². The second-order valence-corrected chi connectivity index (χ2v) is 5.29. The number of amides is 3. The average molecular weight is 307 g/mol. The van der Waals surface area contributed by atoms with E-state index in [1.807, 2.05) is 6.07 Å². The van der Waals surface area contributed by atoms with Crippen molar-refractivity contribution in [3.8, 4) is 6.07 Å². The SMILES string of the molecule is CCOC(=O)C1C=C(C#N)OC2(C)C1C(=O)N(C)C(=O)N2C. The fraction of sp³-hybridized carbons (Fsp3) is 0.571. The molecule has 0 radical (unpaired) electrons. The Bertz CT molecular complexity index is 608. The molecule has 0 aromatic rings. The predicted octanol–water partition coefficient (Wildman–Crippen LogP) is 0.460. The van der Waals surface area contributed by atoms with E-state index in [1.165, 1.54) is 32.0 Å². The molecule has 3 amide bonds. The van der Waals surface area contributed by atoms with Gasteiger partial charge in [0.1, 0.15) is 12.0 Å². The molecule has 22 heavy (non-hydrogen) atoms. The number of carbonyl (C=O) groups excluding carboxylic acids is 3. The zero-order chi connectivity index (χ0) is 16.7. The fourth-order valence-electron chi connectivity index (χ4n) is 2.79. The maximum absolute atomic E-state index is 12.5. The summed E-state index contributed by atoms with van der Waals surface area (Å²) in [6.07, 6.45) is 1.28. The third kappa shape index (κ3) is 2.09. The maximum Gasteiger partial charge on any atom is 0.329 e. The van der Waals surface area contributed by atoms with E-state index in [1.54, 1.807) is 6.92 Å². The van der Waals surface area contributed by atoms with Crippen LogP contribution < -0.4 is 0 Å². The molecule has 2 rings (SSSR count). The Labute approximate surface area is 127 Å². The molecule has 0 aliphatic carbocycles. The van der Waals surface area contributed by atoms with E-state index in [2.05, 4.69) is 0 Å². The van der Waals surface area contributed by atoms with Gasteiger partial charge in [0.2, 0.25) is 5.91 Å². The molecular weight excluding hydrogens is 290 g/mol. The summed E-state index contributed by atoms with van der Waals surface area (Å²) in [4.78, 5) is 39.0. The highest BCUT2D eigenvalue weighted by molar-refractivity contribution is 6.01. The highest BCUT2D eigenvalue weighted by atomic mass is 16.5. The third-order valence-corrected chi connectivity index (χ3v) is 4.09. The van der Waals surface area contributed by atoms with Crippen molar-refractivity contribution in [2.45, 2.75) is 19.6 Å². The van der Waals surface area contributed by atoms with Gasteiger partial charge < -0.3 is 9.47 Å². The number of hydrogen-bond acceptors (Lipinski definition) is 6. The molecule has 1 saturated heterocycles. The van der Waals surface area contributed by atoms with Crippen LogP contribution in [0.1, 0.15) is 13.8 Å². The first-order chi connectivity index (χ1) is 10.3. The number of imide groups is 1. The molecule has 3 atom stereocenters. The Morgan fingerprint density at radius 1 is 1.50 bits per heavy atom. The molecule has 0 saturated carbocycles. The van der Waals surface area contributed by atoms with Gasteiger partial charge in [0.25, 0.3) is 0 Å². The third-order valence-electron chi connectivity index (χ3n) is 4.09. The summed E-state index contributed by atoms with van der Waals surface area (Å²) in [5.74, 6) is -3.25. The van der Waals surface area contributed by atoms with E-state index in [9.17, 15) is 14.4 Å². The number of nitrogens with zero attached hydrogens (tertiary/aromatic N) is 3. The topological polar surface area (TPSA) is 99.9 Å². The molecule has 2 heterocycles. The summed E-state index contributed by atoms with van der Waals surface area (Å²) < 4.78 is 10.5. The van der Waals surface area contributed by atoms with Crippen molar-refractivity contribution in [1.82, 2.24) is 9.80 Å². The minimum Gasteiger partial charge on any atom is -0.466 e. The van der Waals surface area contributed by atoms with Crippen LogP contribution in [-0.2, 0) is 19.1 Å². The van der Waals surface area contributed by atoms with Crippen molar-refractivity contribution in [3.63, 3.8) is 0 Å². The molecule has 0 bridgehead atoms. The van der Waals surface area contributed by atoms with Crippen LogP contribution >= 0.6 is 0 Å². The molecule has 0 aromatic heterocycles. The second-order valence-electron chi connectivity index (χ2n) is 5.29. The van der Waals surface area contributed by atoms with Crippen molar-refractivity contribution < 1.29 is 23.9 Å².